The molecule has 0 atom stereocenters. The summed E-state index contributed by atoms with van der Waals surface area (Å²) in [6.07, 6.45) is -0.524. The molecule has 7 heteroatoms. The van der Waals surface area contributed by atoms with Gasteiger partial charge in [-0.15, -0.1) is 4.99 Å². The highest BCUT2D eigenvalue weighted by Crippen LogP contribution is 2.38. The lowest BCUT2D eigenvalue weighted by Crippen LogP contribution is -2.26. The molecule has 0 radical (unpaired) electrons. The van der Waals surface area contributed by atoms with Gasteiger partial charge in [0.15, 0.2) is 10.3 Å². The quantitative estimate of drug-likeness (QED) is 0.641. The second-order valence-corrected chi connectivity index (χ2v) is 4.64. The van der Waals surface area contributed by atoms with Crippen LogP contribution in [0, 0.1) is 0 Å². The van der Waals surface area contributed by atoms with Crippen LogP contribution in [0.3, 0.4) is 0 Å². The fourth-order valence-electron chi connectivity index (χ4n) is 1.11. The summed E-state index contributed by atoms with van der Waals surface area (Å²) in [5, 5.41) is 1.63. The van der Waals surface area contributed by atoms with Crippen LogP contribution in [0.1, 0.15) is 6.92 Å². The van der Waals surface area contributed by atoms with Crippen LogP contribution in [0.2, 0.25) is 0 Å². The van der Waals surface area contributed by atoms with Crippen LogP contribution in [-0.4, -0.2) is 41.0 Å². The van der Waals surface area contributed by atoms with Crippen molar-refractivity contribution in [2.45, 2.75) is 6.92 Å². The second-order valence-electron chi connectivity index (χ2n) is 2.58. The predicted octanol–water partition coefficient (Wildman–Crippen LogP) is 1.57. The van der Waals surface area contributed by atoms with Crippen molar-refractivity contribution >= 4 is 38.0 Å². The Labute approximate surface area is 89.4 Å². The van der Waals surface area contributed by atoms with Crippen molar-refractivity contribution in [3.8, 4) is 0 Å². The molecule has 5 nitrogen and oxygen atoms in total. The van der Waals surface area contributed by atoms with Gasteiger partial charge in [-0.3, -0.25) is 9.89 Å². The lowest BCUT2D eigenvalue weighted by atomic mass is 10.6. The molecule has 0 N–H and O–H groups in total. The minimum Gasteiger partial charge on any atom is -0.448 e. The fraction of sp³-hybridized carbons (Fsp3) is 0.571. The van der Waals surface area contributed by atoms with Gasteiger partial charge in [0.1, 0.15) is 0 Å². The molecule has 0 spiro atoms. The number of amidine groups is 2. The van der Waals surface area contributed by atoms with E-state index in [4.69, 9.17) is 4.74 Å². The molecule has 2 rings (SSSR count). The average Bonchev–Trinajstić information content (AvgIpc) is 2.70. The molecular formula is C7H9N3O2S2. The topological polar surface area (TPSA) is 54.3 Å². The lowest BCUT2D eigenvalue weighted by molar-refractivity contribution is 0.163. The van der Waals surface area contributed by atoms with Gasteiger partial charge in [0.25, 0.3) is 0 Å². The molecule has 14 heavy (non-hydrogen) atoms. The van der Waals surface area contributed by atoms with E-state index in [9.17, 15) is 4.79 Å². The second kappa shape index (κ2) is 4.22. The molecule has 2 aliphatic rings. The first-order chi connectivity index (χ1) is 6.81. The van der Waals surface area contributed by atoms with Crippen molar-refractivity contribution in [2.24, 2.45) is 9.98 Å². The molecule has 0 aliphatic carbocycles. The third-order valence-corrected chi connectivity index (χ3v) is 3.87. The SMILES string of the molecule is CCOC(=O)/N=C1\SSC2=NCCN21. The Balaban J connectivity index is 2.05. The molecule has 2 aliphatic heterocycles. The molecule has 2 heterocycles. The van der Waals surface area contributed by atoms with Crippen molar-refractivity contribution in [3.05, 3.63) is 0 Å². The first kappa shape index (κ1) is 9.85. The van der Waals surface area contributed by atoms with Crippen LogP contribution < -0.4 is 0 Å². The lowest BCUT2D eigenvalue weighted by Gasteiger charge is -2.08. The molecule has 1 saturated heterocycles. The minimum atomic E-state index is -0.524. The maximum absolute atomic E-state index is 11.1. The number of aliphatic imine (C=N–C) groups is 2. The van der Waals surface area contributed by atoms with Gasteiger partial charge in [0.05, 0.1) is 13.2 Å². The van der Waals surface area contributed by atoms with Gasteiger partial charge in [0, 0.05) is 6.54 Å². The Bertz CT molecular complexity index is 316. The Morgan fingerprint density at radius 3 is 3.36 bits per heavy atom. The summed E-state index contributed by atoms with van der Waals surface area (Å²) in [5.74, 6) is 0. The zero-order chi connectivity index (χ0) is 9.97. The minimum absolute atomic E-state index is 0.356. The monoisotopic (exact) mass is 231 g/mol. The van der Waals surface area contributed by atoms with E-state index in [1.807, 2.05) is 4.90 Å². The van der Waals surface area contributed by atoms with Crippen molar-refractivity contribution in [2.75, 3.05) is 19.7 Å². The molecule has 0 saturated carbocycles. The molecule has 0 aromatic rings. The molecule has 1 amide bonds. The number of fused-ring (bicyclic) bond motifs is 1. The average molecular weight is 231 g/mol. The number of ether oxygens (including phenoxy) is 1. The molecule has 0 bridgehead atoms. The van der Waals surface area contributed by atoms with E-state index in [1.54, 1.807) is 6.92 Å². The Morgan fingerprint density at radius 1 is 1.71 bits per heavy atom. The number of hydrogen-bond donors (Lipinski definition) is 0. The first-order valence-corrected chi connectivity index (χ1v) is 6.38. The van der Waals surface area contributed by atoms with E-state index in [2.05, 4.69) is 9.98 Å². The van der Waals surface area contributed by atoms with Crippen LogP contribution >= 0.6 is 21.6 Å². The van der Waals surface area contributed by atoms with E-state index in [1.165, 1.54) is 21.6 Å². The van der Waals surface area contributed by atoms with Crippen LogP contribution in [-0.2, 0) is 4.74 Å². The van der Waals surface area contributed by atoms with Crippen LogP contribution in [0.25, 0.3) is 0 Å². The van der Waals surface area contributed by atoms with Crippen molar-refractivity contribution in [3.63, 3.8) is 0 Å². The Kier molecular flexibility index (Phi) is 2.97. The Hall–Kier alpha value is -0.690. The summed E-state index contributed by atoms with van der Waals surface area (Å²) < 4.78 is 4.74. The molecule has 1 fully saturated rings. The van der Waals surface area contributed by atoms with Crippen LogP contribution in [0.4, 0.5) is 4.79 Å². The van der Waals surface area contributed by atoms with E-state index in [0.717, 1.165) is 18.3 Å². The molecule has 0 aromatic carbocycles. The number of nitrogens with zero attached hydrogens (tertiary/aromatic N) is 3. The first-order valence-electron chi connectivity index (χ1n) is 4.23. The summed E-state index contributed by atoms with van der Waals surface area (Å²) in [5.41, 5.74) is 0. The number of carbonyl (C=O) groups is 1. The maximum atomic E-state index is 11.1. The van der Waals surface area contributed by atoms with Crippen molar-refractivity contribution in [1.29, 1.82) is 0 Å². The highest BCUT2D eigenvalue weighted by molar-refractivity contribution is 8.88. The Morgan fingerprint density at radius 2 is 2.57 bits per heavy atom. The van der Waals surface area contributed by atoms with Gasteiger partial charge >= 0.3 is 6.09 Å². The summed E-state index contributed by atoms with van der Waals surface area (Å²) in [6, 6.07) is 0. The van der Waals surface area contributed by atoms with Crippen LogP contribution in [0.15, 0.2) is 9.98 Å². The van der Waals surface area contributed by atoms with Gasteiger partial charge in [-0.05, 0) is 28.5 Å². The van der Waals surface area contributed by atoms with Gasteiger partial charge in [0.2, 0.25) is 0 Å². The third-order valence-electron chi connectivity index (χ3n) is 1.68. The molecular weight excluding hydrogens is 222 g/mol. The normalized spacial score (nSPS) is 22.5. The van der Waals surface area contributed by atoms with E-state index < -0.39 is 6.09 Å². The zero-order valence-corrected chi connectivity index (χ0v) is 9.23. The number of carbonyl (C=O) groups excluding carboxylic acids is 1. The number of amides is 1. The van der Waals surface area contributed by atoms with Gasteiger partial charge in [-0.25, -0.2) is 4.79 Å². The predicted molar refractivity (Wildman–Crippen MR) is 58.6 cm³/mol. The highest BCUT2D eigenvalue weighted by Gasteiger charge is 2.31. The largest absolute Gasteiger partial charge is 0.448 e. The highest BCUT2D eigenvalue weighted by atomic mass is 33.1. The van der Waals surface area contributed by atoms with E-state index >= 15 is 0 Å². The van der Waals surface area contributed by atoms with Gasteiger partial charge < -0.3 is 4.74 Å². The maximum Gasteiger partial charge on any atom is 0.436 e. The molecule has 0 unspecified atom stereocenters. The standard InChI is InChI=1S/C7H9N3O2S2/c1-2-12-7(11)9-6-10-4-3-8-5(10)13-14-6/h2-4H2,1H3/b9-6-. The number of hydrogen-bond acceptors (Lipinski definition) is 5. The van der Waals surface area contributed by atoms with Gasteiger partial charge in [-0.1, -0.05) is 0 Å². The molecule has 0 aromatic heterocycles. The summed E-state index contributed by atoms with van der Waals surface area (Å²) in [6.45, 7) is 3.71. The zero-order valence-electron chi connectivity index (χ0n) is 7.60. The third kappa shape index (κ3) is 1.88. The summed E-state index contributed by atoms with van der Waals surface area (Å²) in [7, 11) is 2.98. The smallest absolute Gasteiger partial charge is 0.436 e. The van der Waals surface area contributed by atoms with Crippen LogP contribution in [0.5, 0.6) is 0 Å². The van der Waals surface area contributed by atoms with E-state index in [-0.39, 0.29) is 0 Å². The van der Waals surface area contributed by atoms with E-state index in [0.29, 0.717) is 11.8 Å². The van der Waals surface area contributed by atoms with Crippen molar-refractivity contribution in [1.82, 2.24) is 4.90 Å². The summed E-state index contributed by atoms with van der Waals surface area (Å²) in [4.78, 5) is 21.1. The number of rotatable bonds is 1. The van der Waals surface area contributed by atoms with Gasteiger partial charge in [-0.2, -0.15) is 0 Å². The molecule has 76 valence electrons. The van der Waals surface area contributed by atoms with Crippen molar-refractivity contribution < 1.29 is 9.53 Å². The fourth-order valence-corrected chi connectivity index (χ4v) is 3.36. The summed E-state index contributed by atoms with van der Waals surface area (Å²) >= 11 is 0.